The van der Waals surface area contributed by atoms with Gasteiger partial charge >= 0.3 is 0 Å². The molecule has 0 aliphatic carbocycles. The van der Waals surface area contributed by atoms with Crippen molar-refractivity contribution in [2.75, 3.05) is 38.2 Å². The molecule has 0 N–H and O–H groups in total. The lowest BCUT2D eigenvalue weighted by Gasteiger charge is -2.32. The van der Waals surface area contributed by atoms with E-state index in [1.54, 1.807) is 7.11 Å². The predicted octanol–water partition coefficient (Wildman–Crippen LogP) is 3.30. The third-order valence-electron chi connectivity index (χ3n) is 4.90. The number of methoxy groups -OCH3 is 1. The number of likely N-dealkylation sites (N-methyl/N-ethyl adjacent to an activating group) is 1. The summed E-state index contributed by atoms with van der Waals surface area (Å²) in [6, 6.07) is 14.4. The van der Waals surface area contributed by atoms with Crippen LogP contribution < -0.4 is 4.90 Å². The molecule has 24 heavy (non-hydrogen) atoms. The first-order valence-electron chi connectivity index (χ1n) is 8.76. The van der Waals surface area contributed by atoms with Gasteiger partial charge in [0.25, 0.3) is 0 Å². The van der Waals surface area contributed by atoms with Crippen LogP contribution in [0.15, 0.2) is 42.5 Å². The molecule has 1 aliphatic rings. The highest BCUT2D eigenvalue weighted by Gasteiger charge is 2.23. The Labute approximate surface area is 144 Å². The summed E-state index contributed by atoms with van der Waals surface area (Å²) in [7, 11) is 1.77. The number of amides is 1. The van der Waals surface area contributed by atoms with Crippen molar-refractivity contribution in [1.29, 1.82) is 0 Å². The number of ether oxygens (including phenoxy) is 1. The van der Waals surface area contributed by atoms with Crippen molar-refractivity contribution in [3.63, 3.8) is 0 Å². The van der Waals surface area contributed by atoms with Crippen LogP contribution in [0.4, 0.5) is 5.69 Å². The minimum atomic E-state index is 0.171. The fourth-order valence-corrected chi connectivity index (χ4v) is 3.50. The molecule has 0 bridgehead atoms. The van der Waals surface area contributed by atoms with Gasteiger partial charge < -0.3 is 9.64 Å². The van der Waals surface area contributed by atoms with E-state index in [2.05, 4.69) is 23.1 Å². The van der Waals surface area contributed by atoms with Crippen LogP contribution in [0.3, 0.4) is 0 Å². The molecule has 0 saturated carbocycles. The van der Waals surface area contributed by atoms with Crippen LogP contribution in [0.2, 0.25) is 0 Å². The Morgan fingerprint density at radius 3 is 2.58 bits per heavy atom. The lowest BCUT2D eigenvalue weighted by molar-refractivity contribution is -0.120. The third kappa shape index (κ3) is 3.60. The molecule has 128 valence electrons. The Kier molecular flexibility index (Phi) is 5.48. The molecule has 4 heteroatoms. The van der Waals surface area contributed by atoms with Crippen LogP contribution >= 0.6 is 0 Å². The Balaban J connectivity index is 1.74. The molecule has 0 unspecified atom stereocenters. The van der Waals surface area contributed by atoms with E-state index in [0.29, 0.717) is 19.2 Å². The first-order valence-corrected chi connectivity index (χ1v) is 8.76. The van der Waals surface area contributed by atoms with E-state index in [0.717, 1.165) is 37.0 Å². The molecule has 0 radical (unpaired) electrons. The molecule has 2 aromatic carbocycles. The molecule has 1 saturated heterocycles. The zero-order valence-electron chi connectivity index (χ0n) is 14.6. The van der Waals surface area contributed by atoms with Gasteiger partial charge in [0, 0.05) is 32.1 Å². The quantitative estimate of drug-likeness (QED) is 0.845. The number of fused-ring (bicyclic) bond motifs is 1. The van der Waals surface area contributed by atoms with Gasteiger partial charge in [0.1, 0.15) is 0 Å². The molecule has 3 rings (SSSR count). The van der Waals surface area contributed by atoms with Crippen molar-refractivity contribution in [3.8, 4) is 0 Å². The Morgan fingerprint density at radius 1 is 1.17 bits per heavy atom. The summed E-state index contributed by atoms with van der Waals surface area (Å²) < 4.78 is 5.41. The number of carbonyl (C=O) groups is 1. The molecule has 1 amide bonds. The molecule has 1 heterocycles. The van der Waals surface area contributed by atoms with Crippen molar-refractivity contribution in [3.05, 3.63) is 42.5 Å². The summed E-state index contributed by atoms with van der Waals surface area (Å²) in [5.74, 6) is 0.171. The fraction of sp³-hybridized carbons (Fsp3) is 0.450. The fourth-order valence-electron chi connectivity index (χ4n) is 3.50. The van der Waals surface area contributed by atoms with Gasteiger partial charge in [0.2, 0.25) is 5.91 Å². The topological polar surface area (TPSA) is 32.8 Å². The van der Waals surface area contributed by atoms with Crippen LogP contribution in [0.25, 0.3) is 10.8 Å². The summed E-state index contributed by atoms with van der Waals surface area (Å²) in [6.45, 7) is 5.06. The van der Waals surface area contributed by atoms with E-state index >= 15 is 0 Å². The van der Waals surface area contributed by atoms with Crippen LogP contribution in [-0.2, 0) is 9.53 Å². The molecular formula is C20H26N2O2. The summed E-state index contributed by atoms with van der Waals surface area (Å²) in [5.41, 5.74) is 1.01. The van der Waals surface area contributed by atoms with Gasteiger partial charge in [-0.15, -0.1) is 0 Å². The van der Waals surface area contributed by atoms with Gasteiger partial charge in [-0.25, -0.2) is 0 Å². The van der Waals surface area contributed by atoms with Crippen molar-refractivity contribution in [2.24, 2.45) is 0 Å². The number of likely N-dealkylation sites (tertiary alicyclic amines) is 1. The van der Waals surface area contributed by atoms with E-state index in [1.165, 1.54) is 5.39 Å². The summed E-state index contributed by atoms with van der Waals surface area (Å²) in [4.78, 5) is 17.0. The SMILES string of the molecule is CCN(C(=O)CN1CCC(OC)CC1)c1cccc2ccccc12. The molecule has 1 aliphatic heterocycles. The highest BCUT2D eigenvalue weighted by atomic mass is 16.5. The van der Waals surface area contributed by atoms with Gasteiger partial charge in [0.15, 0.2) is 0 Å². The van der Waals surface area contributed by atoms with Crippen LogP contribution in [0.1, 0.15) is 19.8 Å². The van der Waals surface area contributed by atoms with Crippen molar-refractivity contribution in [2.45, 2.75) is 25.9 Å². The highest BCUT2D eigenvalue weighted by Crippen LogP contribution is 2.27. The van der Waals surface area contributed by atoms with Gasteiger partial charge in [-0.3, -0.25) is 9.69 Å². The number of hydrogen-bond donors (Lipinski definition) is 0. The normalized spacial score (nSPS) is 16.4. The second kappa shape index (κ2) is 7.77. The van der Waals surface area contributed by atoms with Gasteiger partial charge in [-0.1, -0.05) is 36.4 Å². The van der Waals surface area contributed by atoms with E-state index in [-0.39, 0.29) is 5.91 Å². The lowest BCUT2D eigenvalue weighted by atomic mass is 10.1. The molecule has 0 spiro atoms. The lowest BCUT2D eigenvalue weighted by Crippen LogP contribution is -2.44. The maximum atomic E-state index is 12.9. The number of benzene rings is 2. The van der Waals surface area contributed by atoms with Gasteiger partial charge in [-0.2, -0.15) is 0 Å². The zero-order chi connectivity index (χ0) is 16.9. The number of piperidine rings is 1. The van der Waals surface area contributed by atoms with E-state index in [4.69, 9.17) is 4.74 Å². The third-order valence-corrected chi connectivity index (χ3v) is 4.90. The number of carbonyl (C=O) groups excluding carboxylic acids is 1. The van der Waals surface area contributed by atoms with Crippen molar-refractivity contribution in [1.82, 2.24) is 4.90 Å². The predicted molar refractivity (Wildman–Crippen MR) is 98.4 cm³/mol. The van der Waals surface area contributed by atoms with E-state index in [9.17, 15) is 4.79 Å². The largest absolute Gasteiger partial charge is 0.381 e. The zero-order valence-corrected chi connectivity index (χ0v) is 14.6. The van der Waals surface area contributed by atoms with Crippen LogP contribution in [-0.4, -0.2) is 50.2 Å². The van der Waals surface area contributed by atoms with Gasteiger partial charge in [0.05, 0.1) is 18.3 Å². The minimum absolute atomic E-state index is 0.171. The second-order valence-corrected chi connectivity index (χ2v) is 6.35. The van der Waals surface area contributed by atoms with Gasteiger partial charge in [-0.05, 0) is 31.2 Å². The monoisotopic (exact) mass is 326 g/mol. The number of nitrogens with zero attached hydrogens (tertiary/aromatic N) is 2. The second-order valence-electron chi connectivity index (χ2n) is 6.35. The standard InChI is InChI=1S/C20H26N2O2/c1-3-22(19-10-6-8-16-7-4-5-9-18(16)19)20(23)15-21-13-11-17(24-2)12-14-21/h4-10,17H,3,11-15H2,1-2H3. The van der Waals surface area contributed by atoms with Crippen molar-refractivity contribution >= 4 is 22.4 Å². The molecule has 4 nitrogen and oxygen atoms in total. The van der Waals surface area contributed by atoms with E-state index < -0.39 is 0 Å². The molecule has 1 fully saturated rings. The average Bonchev–Trinajstić information content (AvgIpc) is 2.63. The first-order chi connectivity index (χ1) is 11.7. The maximum absolute atomic E-state index is 12.9. The number of anilines is 1. The number of hydrogen-bond acceptors (Lipinski definition) is 3. The van der Waals surface area contributed by atoms with E-state index in [1.807, 2.05) is 36.1 Å². The Morgan fingerprint density at radius 2 is 1.88 bits per heavy atom. The molecule has 0 atom stereocenters. The Bertz CT molecular complexity index is 688. The molecular weight excluding hydrogens is 300 g/mol. The first kappa shape index (κ1) is 16.9. The maximum Gasteiger partial charge on any atom is 0.241 e. The van der Waals surface area contributed by atoms with Crippen LogP contribution in [0.5, 0.6) is 0 Å². The summed E-state index contributed by atoms with van der Waals surface area (Å²) in [5, 5.41) is 2.30. The Hall–Kier alpha value is -1.91. The summed E-state index contributed by atoms with van der Waals surface area (Å²) >= 11 is 0. The van der Waals surface area contributed by atoms with Crippen molar-refractivity contribution < 1.29 is 9.53 Å². The van der Waals surface area contributed by atoms with Crippen LogP contribution in [0, 0.1) is 0 Å². The molecule has 0 aromatic heterocycles. The molecule has 2 aromatic rings. The highest BCUT2D eigenvalue weighted by molar-refractivity contribution is 6.04. The average molecular weight is 326 g/mol. The number of rotatable bonds is 5. The summed E-state index contributed by atoms with van der Waals surface area (Å²) in [6.07, 6.45) is 2.35. The smallest absolute Gasteiger partial charge is 0.241 e. The minimum Gasteiger partial charge on any atom is -0.381 e.